The quantitative estimate of drug-likeness (QED) is 0.305. The molecule has 9 atom stereocenters. The molecule has 0 unspecified atom stereocenters. The van der Waals surface area contributed by atoms with Crippen LogP contribution in [0.25, 0.3) is 0 Å². The van der Waals surface area contributed by atoms with Gasteiger partial charge in [-0.15, -0.1) is 0 Å². The van der Waals surface area contributed by atoms with Gasteiger partial charge in [-0.3, -0.25) is 19.2 Å². The first-order valence-corrected chi connectivity index (χ1v) is 13.6. The van der Waals surface area contributed by atoms with E-state index in [4.69, 9.17) is 23.7 Å². The van der Waals surface area contributed by atoms with Crippen molar-refractivity contribution in [3.05, 3.63) is 12.2 Å². The molecule has 0 amide bonds. The van der Waals surface area contributed by atoms with Crippen LogP contribution in [0.3, 0.4) is 0 Å². The second-order valence-electron chi connectivity index (χ2n) is 13.3. The van der Waals surface area contributed by atoms with Crippen molar-refractivity contribution < 1.29 is 42.9 Å². The maximum atomic E-state index is 14.6. The lowest BCUT2D eigenvalue weighted by Gasteiger charge is -2.68. The van der Waals surface area contributed by atoms with E-state index in [1.165, 1.54) is 20.8 Å². The number of Topliss-reactive ketones (excluding diaryl/α,β-unsaturated/α-hetero) is 1. The van der Waals surface area contributed by atoms with Gasteiger partial charge in [-0.25, -0.2) is 0 Å². The Morgan fingerprint density at radius 3 is 2.08 bits per heavy atom. The Balaban J connectivity index is 1.83. The first-order valence-electron chi connectivity index (χ1n) is 13.6. The third-order valence-corrected chi connectivity index (χ3v) is 10.3. The van der Waals surface area contributed by atoms with E-state index in [1.54, 1.807) is 13.8 Å². The van der Waals surface area contributed by atoms with Crippen LogP contribution in [0, 0.1) is 28.1 Å². The number of ketones is 1. The van der Waals surface area contributed by atoms with E-state index in [1.807, 2.05) is 6.92 Å². The summed E-state index contributed by atoms with van der Waals surface area (Å²) in [6.07, 6.45) is -1.12. The van der Waals surface area contributed by atoms with Gasteiger partial charge in [0.05, 0.1) is 0 Å². The molecule has 9 nitrogen and oxygen atoms in total. The molecule has 2 bridgehead atoms. The summed E-state index contributed by atoms with van der Waals surface area (Å²) in [5.74, 6) is -3.59. The minimum Gasteiger partial charge on any atom is -0.462 e. The van der Waals surface area contributed by atoms with Crippen molar-refractivity contribution in [3.63, 3.8) is 0 Å². The first kappa shape index (κ1) is 27.3. The van der Waals surface area contributed by atoms with E-state index in [9.17, 15) is 19.2 Å². The van der Waals surface area contributed by atoms with Gasteiger partial charge in [0.15, 0.2) is 11.6 Å². The maximum absolute atomic E-state index is 14.6. The van der Waals surface area contributed by atoms with Crippen LogP contribution in [-0.2, 0) is 42.9 Å². The molecule has 0 aromatic rings. The lowest BCUT2D eigenvalue weighted by atomic mass is 9.38. The van der Waals surface area contributed by atoms with Crippen LogP contribution in [0.2, 0.25) is 0 Å². The predicted molar refractivity (Wildman–Crippen MR) is 133 cm³/mol. The third kappa shape index (κ3) is 3.36. The zero-order valence-corrected chi connectivity index (χ0v) is 23.7. The average Bonchev–Trinajstić information content (AvgIpc) is 3.10. The minimum atomic E-state index is -1.44. The summed E-state index contributed by atoms with van der Waals surface area (Å²) in [6.45, 7) is 18.2. The number of carbonyl (C=O) groups is 4. The molecule has 5 rings (SSSR count). The van der Waals surface area contributed by atoms with Gasteiger partial charge in [-0.05, 0) is 44.4 Å². The third-order valence-electron chi connectivity index (χ3n) is 10.3. The Labute approximate surface area is 223 Å². The van der Waals surface area contributed by atoms with E-state index in [2.05, 4.69) is 20.4 Å². The van der Waals surface area contributed by atoms with Gasteiger partial charge < -0.3 is 23.7 Å². The van der Waals surface area contributed by atoms with E-state index >= 15 is 0 Å². The van der Waals surface area contributed by atoms with Crippen molar-refractivity contribution in [1.29, 1.82) is 0 Å². The van der Waals surface area contributed by atoms with Crippen molar-refractivity contribution in [2.45, 2.75) is 117 Å². The molecule has 38 heavy (non-hydrogen) atoms. The van der Waals surface area contributed by atoms with Gasteiger partial charge in [0, 0.05) is 44.1 Å². The molecular formula is C29H40O9. The molecule has 4 aliphatic carbocycles. The van der Waals surface area contributed by atoms with Crippen LogP contribution in [0.4, 0.5) is 0 Å². The van der Waals surface area contributed by atoms with E-state index in [0.29, 0.717) is 12.8 Å². The number of fused-ring (bicyclic) bond motifs is 2. The van der Waals surface area contributed by atoms with Crippen molar-refractivity contribution in [2.24, 2.45) is 28.1 Å². The molecule has 4 saturated carbocycles. The zero-order valence-electron chi connectivity index (χ0n) is 23.7. The average molecular weight is 533 g/mol. The summed E-state index contributed by atoms with van der Waals surface area (Å²) in [7, 11) is 0. The fourth-order valence-corrected chi connectivity index (χ4v) is 9.41. The second kappa shape index (κ2) is 8.13. The molecule has 0 radical (unpaired) electrons. The molecule has 0 N–H and O–H groups in total. The predicted octanol–water partition coefficient (Wildman–Crippen LogP) is 3.66. The normalized spacial score (nSPS) is 45.9. The van der Waals surface area contributed by atoms with Crippen molar-refractivity contribution in [3.8, 4) is 0 Å². The number of carbonyl (C=O) groups excluding carboxylic acids is 4. The summed E-state index contributed by atoms with van der Waals surface area (Å²) in [5.41, 5.74) is -3.49. The summed E-state index contributed by atoms with van der Waals surface area (Å²) in [4.78, 5) is 52.0. The van der Waals surface area contributed by atoms with Crippen LogP contribution in [0.5, 0.6) is 0 Å². The fourth-order valence-electron chi connectivity index (χ4n) is 9.41. The van der Waals surface area contributed by atoms with Crippen molar-refractivity contribution in [2.75, 3.05) is 0 Å². The van der Waals surface area contributed by atoms with Gasteiger partial charge in [0.1, 0.15) is 35.4 Å². The van der Waals surface area contributed by atoms with Gasteiger partial charge in [0.2, 0.25) is 0 Å². The summed E-state index contributed by atoms with van der Waals surface area (Å²) >= 11 is 0. The van der Waals surface area contributed by atoms with E-state index < -0.39 is 70.5 Å². The molecular weight excluding hydrogens is 492 g/mol. The SMILES string of the molecule is C=C1C(=O)[C@]23[C@H]4OC(C)(C)O[C@]14C[C@@H](OC(C)=O)[C@H]2[C@@]1(C)[C@H](C[C@H]3OC(C)=O)C(C)(C)CC[C@H]1OC(C)=O. The molecule has 0 aromatic carbocycles. The Morgan fingerprint density at radius 1 is 0.921 bits per heavy atom. The van der Waals surface area contributed by atoms with Crippen LogP contribution in [0.1, 0.15) is 81.1 Å². The first-order chi connectivity index (χ1) is 17.4. The van der Waals surface area contributed by atoms with Crippen LogP contribution in [0.15, 0.2) is 12.2 Å². The Bertz CT molecular complexity index is 1120. The molecule has 1 saturated heterocycles. The lowest BCUT2D eigenvalue weighted by Crippen LogP contribution is -2.75. The van der Waals surface area contributed by atoms with Crippen molar-refractivity contribution >= 4 is 23.7 Å². The van der Waals surface area contributed by atoms with Gasteiger partial charge in [-0.1, -0.05) is 27.4 Å². The molecule has 5 fully saturated rings. The topological polar surface area (TPSA) is 114 Å². The minimum absolute atomic E-state index is 0.129. The zero-order chi connectivity index (χ0) is 28.2. The molecule has 1 aliphatic heterocycles. The maximum Gasteiger partial charge on any atom is 0.302 e. The monoisotopic (exact) mass is 532 g/mol. The molecule has 9 heteroatoms. The smallest absolute Gasteiger partial charge is 0.302 e. The summed E-state index contributed by atoms with van der Waals surface area (Å²) < 4.78 is 31.1. The van der Waals surface area contributed by atoms with Gasteiger partial charge >= 0.3 is 17.9 Å². The standard InChI is InChI=1S/C29H40O9/c1-14-23(33)29-21(36-17(4)32)12-19-25(5,6)11-10-20(35-16(3)31)27(19,9)22(29)18(34-15(2)30)13-28(14)24(29)37-26(7,8)38-28/h18-22,24H,1,10-13H2,2-9H3/t18-,19-,20-,21-,22+,24+,27+,28-,29-/m1/s1. The molecule has 210 valence electrons. The van der Waals surface area contributed by atoms with E-state index in [-0.39, 0.29) is 29.1 Å². The fraction of sp³-hybridized carbons (Fsp3) is 0.793. The van der Waals surface area contributed by atoms with Crippen LogP contribution < -0.4 is 0 Å². The lowest BCUT2D eigenvalue weighted by molar-refractivity contribution is -0.285. The highest BCUT2D eigenvalue weighted by Crippen LogP contribution is 2.75. The number of rotatable bonds is 3. The molecule has 0 aromatic heterocycles. The van der Waals surface area contributed by atoms with E-state index in [0.717, 1.165) is 6.42 Å². The highest BCUT2D eigenvalue weighted by molar-refractivity contribution is 6.07. The van der Waals surface area contributed by atoms with Crippen LogP contribution >= 0.6 is 0 Å². The number of hydrogen-bond donors (Lipinski definition) is 0. The number of ether oxygens (including phenoxy) is 5. The second-order valence-corrected chi connectivity index (χ2v) is 13.3. The Morgan fingerprint density at radius 2 is 1.50 bits per heavy atom. The number of hydrogen-bond acceptors (Lipinski definition) is 9. The Kier molecular flexibility index (Phi) is 5.84. The van der Waals surface area contributed by atoms with Crippen LogP contribution in [-0.4, -0.2) is 59.5 Å². The van der Waals surface area contributed by atoms with Gasteiger partial charge in [0.25, 0.3) is 0 Å². The molecule has 1 heterocycles. The number of esters is 3. The highest BCUT2D eigenvalue weighted by Gasteiger charge is 2.86. The highest BCUT2D eigenvalue weighted by atomic mass is 16.8. The largest absolute Gasteiger partial charge is 0.462 e. The molecule has 1 spiro atoms. The summed E-state index contributed by atoms with van der Waals surface area (Å²) in [5, 5.41) is 0. The van der Waals surface area contributed by atoms with Crippen molar-refractivity contribution in [1.82, 2.24) is 0 Å². The van der Waals surface area contributed by atoms with Gasteiger partial charge in [-0.2, -0.15) is 0 Å². The molecule has 5 aliphatic rings. The Hall–Kier alpha value is -2.26. The summed E-state index contributed by atoms with van der Waals surface area (Å²) in [6, 6.07) is 0.